The number of fused-ring (bicyclic) bond motifs is 1. The van der Waals surface area contributed by atoms with Crippen LogP contribution in [-0.4, -0.2) is 26.5 Å². The van der Waals surface area contributed by atoms with Crippen LogP contribution in [0.4, 0.5) is 0 Å². The van der Waals surface area contributed by atoms with E-state index in [-0.39, 0.29) is 0 Å². The zero-order valence-corrected chi connectivity index (χ0v) is 12.2. The fourth-order valence-corrected chi connectivity index (χ4v) is 2.36. The molecule has 3 aromatic rings. The van der Waals surface area contributed by atoms with Crippen LogP contribution < -0.4 is 5.32 Å². The number of aromatic nitrogens is 4. The van der Waals surface area contributed by atoms with Gasteiger partial charge in [-0.15, -0.1) is 5.10 Å². The van der Waals surface area contributed by atoms with Crippen molar-refractivity contribution in [3.05, 3.63) is 54.0 Å². The summed E-state index contributed by atoms with van der Waals surface area (Å²) in [6.07, 6.45) is 4.97. The highest BCUT2D eigenvalue weighted by atomic mass is 15.4. The molecular weight excluding hydrogens is 262 g/mol. The summed E-state index contributed by atoms with van der Waals surface area (Å²) in [7, 11) is 0. The van der Waals surface area contributed by atoms with Crippen molar-refractivity contribution in [2.24, 2.45) is 0 Å². The third-order valence-electron chi connectivity index (χ3n) is 3.39. The first-order valence-electron chi connectivity index (χ1n) is 7.29. The Bertz CT molecular complexity index is 714. The lowest BCUT2D eigenvalue weighted by atomic mass is 10.1. The van der Waals surface area contributed by atoms with E-state index in [1.807, 2.05) is 41.3 Å². The Morgan fingerprint density at radius 1 is 1.19 bits per heavy atom. The number of hydrogen-bond donors (Lipinski definition) is 1. The number of nitrogens with zero attached hydrogens (tertiary/aromatic N) is 4. The van der Waals surface area contributed by atoms with Crippen LogP contribution in [0, 0.1) is 0 Å². The lowest BCUT2D eigenvalue weighted by Gasteiger charge is -2.05. The second-order valence-corrected chi connectivity index (χ2v) is 5.07. The summed E-state index contributed by atoms with van der Waals surface area (Å²) < 4.78 is 1.88. The number of rotatable bonds is 6. The largest absolute Gasteiger partial charge is 0.311 e. The van der Waals surface area contributed by atoms with Crippen LogP contribution in [0.25, 0.3) is 10.9 Å². The third kappa shape index (κ3) is 3.25. The van der Waals surface area contributed by atoms with Gasteiger partial charge in [-0.3, -0.25) is 4.98 Å². The van der Waals surface area contributed by atoms with E-state index in [0.29, 0.717) is 6.54 Å². The zero-order chi connectivity index (χ0) is 14.5. The van der Waals surface area contributed by atoms with E-state index in [0.717, 1.165) is 30.7 Å². The lowest BCUT2D eigenvalue weighted by molar-refractivity contribution is 0.647. The maximum Gasteiger partial charge on any atom is 0.0964 e. The first kappa shape index (κ1) is 13.7. The SMILES string of the molecule is CCCNCc1cn(Cc2ccnc3ccccc23)nn1. The highest BCUT2D eigenvalue weighted by Crippen LogP contribution is 2.16. The van der Waals surface area contributed by atoms with Gasteiger partial charge >= 0.3 is 0 Å². The first-order chi connectivity index (χ1) is 10.4. The summed E-state index contributed by atoms with van der Waals surface area (Å²) in [5.41, 5.74) is 3.19. The van der Waals surface area contributed by atoms with E-state index >= 15 is 0 Å². The van der Waals surface area contributed by atoms with Crippen LogP contribution in [-0.2, 0) is 13.1 Å². The summed E-state index contributed by atoms with van der Waals surface area (Å²) >= 11 is 0. The Kier molecular flexibility index (Phi) is 4.21. The minimum atomic E-state index is 0.712. The molecule has 0 saturated heterocycles. The minimum Gasteiger partial charge on any atom is -0.311 e. The predicted molar refractivity (Wildman–Crippen MR) is 82.9 cm³/mol. The fraction of sp³-hybridized carbons (Fsp3) is 0.312. The van der Waals surface area contributed by atoms with Crippen molar-refractivity contribution in [2.45, 2.75) is 26.4 Å². The van der Waals surface area contributed by atoms with Gasteiger partial charge in [0, 0.05) is 18.1 Å². The second-order valence-electron chi connectivity index (χ2n) is 5.07. The summed E-state index contributed by atoms with van der Waals surface area (Å²) in [5.74, 6) is 0. The molecule has 0 bridgehead atoms. The van der Waals surface area contributed by atoms with E-state index in [1.165, 1.54) is 10.9 Å². The van der Waals surface area contributed by atoms with Gasteiger partial charge in [-0.05, 0) is 30.7 Å². The van der Waals surface area contributed by atoms with Gasteiger partial charge in [0.15, 0.2) is 0 Å². The molecular formula is C16H19N5. The van der Waals surface area contributed by atoms with Crippen LogP contribution in [0.5, 0.6) is 0 Å². The molecule has 1 aromatic carbocycles. The average Bonchev–Trinajstić information content (AvgIpc) is 2.96. The predicted octanol–water partition coefficient (Wildman–Crippen LogP) is 2.37. The molecule has 0 radical (unpaired) electrons. The van der Waals surface area contributed by atoms with Crippen LogP contribution in [0.1, 0.15) is 24.6 Å². The summed E-state index contributed by atoms with van der Waals surface area (Å²) in [5, 5.41) is 12.9. The molecule has 3 rings (SSSR count). The normalized spacial score (nSPS) is 11.1. The Balaban J connectivity index is 1.76. The van der Waals surface area contributed by atoms with Gasteiger partial charge in [0.1, 0.15) is 0 Å². The number of benzene rings is 1. The molecule has 2 aromatic heterocycles. The Labute approximate surface area is 124 Å². The minimum absolute atomic E-state index is 0.712. The van der Waals surface area contributed by atoms with Crippen LogP contribution in [0.2, 0.25) is 0 Å². The van der Waals surface area contributed by atoms with Gasteiger partial charge < -0.3 is 5.32 Å². The molecule has 0 spiro atoms. The van der Waals surface area contributed by atoms with E-state index in [2.05, 4.69) is 33.6 Å². The molecule has 2 heterocycles. The summed E-state index contributed by atoms with van der Waals surface area (Å²) in [6, 6.07) is 10.2. The number of para-hydroxylation sites is 1. The molecule has 108 valence electrons. The van der Waals surface area contributed by atoms with Crippen molar-refractivity contribution in [2.75, 3.05) is 6.54 Å². The highest BCUT2D eigenvalue weighted by Gasteiger charge is 2.05. The van der Waals surface area contributed by atoms with Crippen molar-refractivity contribution in [3.8, 4) is 0 Å². The quantitative estimate of drug-likeness (QED) is 0.705. The van der Waals surface area contributed by atoms with Gasteiger partial charge in [-0.2, -0.15) is 0 Å². The molecule has 0 unspecified atom stereocenters. The molecule has 0 aliphatic heterocycles. The molecule has 0 amide bonds. The highest BCUT2D eigenvalue weighted by molar-refractivity contribution is 5.81. The number of hydrogen-bond acceptors (Lipinski definition) is 4. The van der Waals surface area contributed by atoms with Crippen LogP contribution in [0.15, 0.2) is 42.7 Å². The first-order valence-corrected chi connectivity index (χ1v) is 7.29. The van der Waals surface area contributed by atoms with Gasteiger partial charge in [0.25, 0.3) is 0 Å². The van der Waals surface area contributed by atoms with Gasteiger partial charge in [-0.25, -0.2) is 4.68 Å². The smallest absolute Gasteiger partial charge is 0.0964 e. The molecule has 0 saturated carbocycles. The van der Waals surface area contributed by atoms with Gasteiger partial charge in [0.2, 0.25) is 0 Å². The maximum atomic E-state index is 4.38. The summed E-state index contributed by atoms with van der Waals surface area (Å²) in [6.45, 7) is 4.63. The van der Waals surface area contributed by atoms with Crippen molar-refractivity contribution in [1.82, 2.24) is 25.3 Å². The van der Waals surface area contributed by atoms with E-state index in [1.54, 1.807) is 0 Å². The molecule has 0 fully saturated rings. The number of pyridine rings is 1. The molecule has 0 aliphatic carbocycles. The maximum absolute atomic E-state index is 4.38. The van der Waals surface area contributed by atoms with Crippen molar-refractivity contribution in [3.63, 3.8) is 0 Å². The van der Waals surface area contributed by atoms with Crippen molar-refractivity contribution in [1.29, 1.82) is 0 Å². The average molecular weight is 281 g/mol. The van der Waals surface area contributed by atoms with Crippen molar-refractivity contribution < 1.29 is 0 Å². The van der Waals surface area contributed by atoms with Gasteiger partial charge in [-0.1, -0.05) is 30.3 Å². The Hall–Kier alpha value is -2.27. The third-order valence-corrected chi connectivity index (χ3v) is 3.39. The topological polar surface area (TPSA) is 55.6 Å². The monoisotopic (exact) mass is 281 g/mol. The van der Waals surface area contributed by atoms with Crippen LogP contribution in [0.3, 0.4) is 0 Å². The Morgan fingerprint density at radius 2 is 2.10 bits per heavy atom. The molecule has 5 nitrogen and oxygen atoms in total. The Morgan fingerprint density at radius 3 is 3.00 bits per heavy atom. The zero-order valence-electron chi connectivity index (χ0n) is 12.2. The molecule has 21 heavy (non-hydrogen) atoms. The van der Waals surface area contributed by atoms with Gasteiger partial charge in [0.05, 0.1) is 24.0 Å². The van der Waals surface area contributed by atoms with E-state index < -0.39 is 0 Å². The molecule has 1 N–H and O–H groups in total. The second kappa shape index (κ2) is 6.45. The number of nitrogens with one attached hydrogen (secondary N) is 1. The molecule has 0 atom stereocenters. The van der Waals surface area contributed by atoms with E-state index in [9.17, 15) is 0 Å². The van der Waals surface area contributed by atoms with Crippen molar-refractivity contribution >= 4 is 10.9 Å². The van der Waals surface area contributed by atoms with E-state index in [4.69, 9.17) is 0 Å². The molecule has 0 aliphatic rings. The lowest BCUT2D eigenvalue weighted by Crippen LogP contribution is -2.13. The van der Waals surface area contributed by atoms with Crippen LogP contribution >= 0.6 is 0 Å². The summed E-state index contributed by atoms with van der Waals surface area (Å²) in [4.78, 5) is 4.38. The standard InChI is InChI=1S/C16H19N5/c1-2-8-17-10-14-12-21(20-19-14)11-13-7-9-18-16-6-4-3-5-15(13)16/h3-7,9,12,17H,2,8,10-11H2,1H3. The molecule has 5 heteroatoms. The fourth-order valence-electron chi connectivity index (χ4n) is 2.36.